The summed E-state index contributed by atoms with van der Waals surface area (Å²) in [5.41, 5.74) is 1.97. The van der Waals surface area contributed by atoms with E-state index in [1.165, 1.54) is 6.33 Å². The van der Waals surface area contributed by atoms with Gasteiger partial charge in [-0.05, 0) is 49.6 Å². The summed E-state index contributed by atoms with van der Waals surface area (Å²) >= 11 is 0. The number of carbonyl (C=O) groups excluding carboxylic acids is 1. The molecule has 0 saturated carbocycles. The minimum Gasteiger partial charge on any atom is -0.354 e. The Morgan fingerprint density at radius 2 is 2.04 bits per heavy atom. The molecule has 138 valence electrons. The van der Waals surface area contributed by atoms with Crippen LogP contribution in [0.1, 0.15) is 18.4 Å². The molecule has 2 aromatic heterocycles. The number of anilines is 2. The van der Waals surface area contributed by atoms with E-state index in [0.717, 1.165) is 36.5 Å². The minimum atomic E-state index is -0.0731. The van der Waals surface area contributed by atoms with Crippen molar-refractivity contribution < 1.29 is 4.79 Å². The molecule has 1 aliphatic rings. The van der Waals surface area contributed by atoms with Crippen molar-refractivity contribution in [2.45, 2.75) is 19.8 Å². The first-order valence-electron chi connectivity index (χ1n) is 9.00. The Hall–Kier alpha value is -3.29. The molecule has 0 bridgehead atoms. The van der Waals surface area contributed by atoms with E-state index in [1.807, 2.05) is 43.3 Å². The van der Waals surface area contributed by atoms with Crippen molar-refractivity contribution >= 4 is 17.4 Å². The van der Waals surface area contributed by atoms with E-state index >= 15 is 0 Å². The zero-order chi connectivity index (χ0) is 18.6. The lowest BCUT2D eigenvalue weighted by Gasteiger charge is -2.32. The van der Waals surface area contributed by atoms with Crippen LogP contribution in [-0.2, 0) is 4.79 Å². The molecule has 1 amide bonds. The van der Waals surface area contributed by atoms with Gasteiger partial charge in [0.05, 0.1) is 5.92 Å². The molecule has 1 aromatic carbocycles. The third kappa shape index (κ3) is 3.94. The van der Waals surface area contributed by atoms with E-state index in [0.29, 0.717) is 12.4 Å². The molecule has 3 aromatic rings. The summed E-state index contributed by atoms with van der Waals surface area (Å²) in [6.07, 6.45) is 4.85. The van der Waals surface area contributed by atoms with E-state index in [9.17, 15) is 4.79 Å². The maximum atomic E-state index is 12.7. The third-order valence-corrected chi connectivity index (χ3v) is 4.69. The molecule has 8 heteroatoms. The maximum Gasteiger partial charge on any atom is 0.229 e. The number of nitrogens with one attached hydrogen (secondary N) is 1. The van der Waals surface area contributed by atoms with Gasteiger partial charge in [-0.15, -0.1) is 10.2 Å². The summed E-state index contributed by atoms with van der Waals surface area (Å²) in [6.45, 7) is 3.51. The van der Waals surface area contributed by atoms with Crippen molar-refractivity contribution in [2.75, 3.05) is 23.3 Å². The van der Waals surface area contributed by atoms with Crippen LogP contribution in [0.2, 0.25) is 0 Å². The highest BCUT2D eigenvalue weighted by atomic mass is 16.1. The number of aryl methyl sites for hydroxylation is 1. The van der Waals surface area contributed by atoms with Gasteiger partial charge in [0.25, 0.3) is 0 Å². The van der Waals surface area contributed by atoms with Gasteiger partial charge in [-0.3, -0.25) is 4.79 Å². The monoisotopic (exact) mass is 363 g/mol. The van der Waals surface area contributed by atoms with Crippen LogP contribution < -0.4 is 10.2 Å². The van der Waals surface area contributed by atoms with E-state index in [4.69, 9.17) is 0 Å². The molecule has 1 aliphatic heterocycles. The number of benzene rings is 1. The second-order valence-electron chi connectivity index (χ2n) is 6.73. The van der Waals surface area contributed by atoms with E-state index in [1.54, 1.807) is 11.0 Å². The lowest BCUT2D eigenvalue weighted by atomic mass is 9.97. The van der Waals surface area contributed by atoms with Crippen molar-refractivity contribution in [3.05, 3.63) is 54.6 Å². The van der Waals surface area contributed by atoms with Gasteiger partial charge < -0.3 is 10.2 Å². The van der Waals surface area contributed by atoms with Crippen molar-refractivity contribution in [1.29, 1.82) is 0 Å². The molecule has 1 atom stereocenters. The number of piperidine rings is 1. The molecule has 1 fully saturated rings. The Balaban J connectivity index is 1.42. The summed E-state index contributed by atoms with van der Waals surface area (Å²) in [7, 11) is 0. The molecule has 8 nitrogen and oxygen atoms in total. The van der Waals surface area contributed by atoms with Crippen LogP contribution in [-0.4, -0.2) is 44.0 Å². The Kier molecular flexibility index (Phi) is 4.78. The zero-order valence-corrected chi connectivity index (χ0v) is 15.1. The van der Waals surface area contributed by atoms with Gasteiger partial charge in [0, 0.05) is 18.8 Å². The number of aromatic nitrogens is 5. The highest BCUT2D eigenvalue weighted by Crippen LogP contribution is 2.23. The van der Waals surface area contributed by atoms with E-state index < -0.39 is 0 Å². The first-order valence-corrected chi connectivity index (χ1v) is 9.00. The minimum absolute atomic E-state index is 0.0532. The fourth-order valence-electron chi connectivity index (χ4n) is 3.30. The third-order valence-electron chi connectivity index (χ3n) is 4.69. The van der Waals surface area contributed by atoms with Crippen LogP contribution in [0.4, 0.5) is 11.5 Å². The van der Waals surface area contributed by atoms with Crippen LogP contribution in [0, 0.1) is 12.8 Å². The van der Waals surface area contributed by atoms with Gasteiger partial charge >= 0.3 is 0 Å². The first kappa shape index (κ1) is 17.1. The average Bonchev–Trinajstić information content (AvgIpc) is 3.23. The van der Waals surface area contributed by atoms with E-state index in [-0.39, 0.29) is 11.8 Å². The smallest absolute Gasteiger partial charge is 0.229 e. The number of hydrogen-bond acceptors (Lipinski definition) is 6. The van der Waals surface area contributed by atoms with Crippen LogP contribution in [0.15, 0.2) is 49.1 Å². The van der Waals surface area contributed by atoms with Crippen LogP contribution >= 0.6 is 0 Å². The summed E-state index contributed by atoms with van der Waals surface area (Å²) in [5.74, 6) is 1.36. The topological polar surface area (TPSA) is 88.8 Å². The van der Waals surface area contributed by atoms with Crippen LogP contribution in [0.3, 0.4) is 0 Å². The van der Waals surface area contributed by atoms with Gasteiger partial charge in [-0.25, -0.2) is 9.67 Å². The molecule has 27 heavy (non-hydrogen) atoms. The number of hydrogen-bond donors (Lipinski definition) is 1. The van der Waals surface area contributed by atoms with Gasteiger partial charge in [0.1, 0.15) is 12.7 Å². The molecular weight excluding hydrogens is 342 g/mol. The molecule has 0 radical (unpaired) electrons. The molecule has 1 N–H and O–H groups in total. The lowest BCUT2D eigenvalue weighted by Crippen LogP contribution is -2.41. The fraction of sp³-hybridized carbons (Fsp3) is 0.316. The lowest BCUT2D eigenvalue weighted by molar-refractivity contribution is -0.120. The van der Waals surface area contributed by atoms with Crippen LogP contribution in [0.25, 0.3) is 5.82 Å². The molecule has 1 unspecified atom stereocenters. The Morgan fingerprint density at radius 3 is 2.78 bits per heavy atom. The predicted molar refractivity (Wildman–Crippen MR) is 102 cm³/mol. The molecule has 0 spiro atoms. The predicted octanol–water partition coefficient (Wildman–Crippen LogP) is 2.22. The van der Waals surface area contributed by atoms with Crippen molar-refractivity contribution in [3.63, 3.8) is 0 Å². The second kappa shape index (κ2) is 7.53. The van der Waals surface area contributed by atoms with Crippen LogP contribution in [0.5, 0.6) is 0 Å². The second-order valence-corrected chi connectivity index (χ2v) is 6.73. The molecule has 1 saturated heterocycles. The standard InChI is InChI=1S/C19H21N7O/c1-14-4-2-6-16(10-14)22-19(27)15-5-3-9-25(11-15)17-7-8-18(24-23-17)26-13-20-12-21-26/h2,4,6-8,10,12-13,15H,3,5,9,11H2,1H3,(H,22,27). The van der Waals surface area contributed by atoms with Crippen molar-refractivity contribution in [3.8, 4) is 5.82 Å². The number of nitrogens with zero attached hydrogens (tertiary/aromatic N) is 6. The van der Waals surface area contributed by atoms with Gasteiger partial charge in [0.15, 0.2) is 11.6 Å². The van der Waals surface area contributed by atoms with Gasteiger partial charge in [-0.2, -0.15) is 5.10 Å². The maximum absolute atomic E-state index is 12.7. The zero-order valence-electron chi connectivity index (χ0n) is 15.1. The normalized spacial score (nSPS) is 16.9. The Bertz CT molecular complexity index is 908. The first-order chi connectivity index (χ1) is 13.2. The largest absolute Gasteiger partial charge is 0.354 e. The molecule has 4 rings (SSSR count). The number of carbonyl (C=O) groups is 1. The van der Waals surface area contributed by atoms with Crippen molar-refractivity contribution in [2.24, 2.45) is 5.92 Å². The van der Waals surface area contributed by atoms with Gasteiger partial charge in [0.2, 0.25) is 5.91 Å². The average molecular weight is 363 g/mol. The molecular formula is C19H21N7O. The number of rotatable bonds is 4. The summed E-state index contributed by atoms with van der Waals surface area (Å²) in [6, 6.07) is 11.6. The Morgan fingerprint density at radius 1 is 1.19 bits per heavy atom. The quantitative estimate of drug-likeness (QED) is 0.765. The van der Waals surface area contributed by atoms with E-state index in [2.05, 4.69) is 30.5 Å². The summed E-state index contributed by atoms with van der Waals surface area (Å²) in [4.78, 5) is 18.7. The highest BCUT2D eigenvalue weighted by molar-refractivity contribution is 5.93. The number of amides is 1. The molecule has 0 aliphatic carbocycles. The fourth-order valence-corrected chi connectivity index (χ4v) is 3.30. The highest BCUT2D eigenvalue weighted by Gasteiger charge is 2.27. The molecule has 3 heterocycles. The summed E-state index contributed by atoms with van der Waals surface area (Å²) < 4.78 is 1.56. The van der Waals surface area contributed by atoms with Crippen molar-refractivity contribution in [1.82, 2.24) is 25.0 Å². The summed E-state index contributed by atoms with van der Waals surface area (Å²) in [5, 5.41) is 15.6. The van der Waals surface area contributed by atoms with Gasteiger partial charge in [-0.1, -0.05) is 12.1 Å². The Labute approximate surface area is 157 Å². The SMILES string of the molecule is Cc1cccc(NC(=O)C2CCCN(c3ccc(-n4cncn4)nn3)C2)c1.